The van der Waals surface area contributed by atoms with Gasteiger partial charge in [-0.1, -0.05) is 0 Å². The number of rotatable bonds is 8. The van der Waals surface area contributed by atoms with E-state index in [9.17, 15) is 14.0 Å². The summed E-state index contributed by atoms with van der Waals surface area (Å²) in [6, 6.07) is 5.35. The minimum absolute atomic E-state index is 0. The zero-order chi connectivity index (χ0) is 15.7. The summed E-state index contributed by atoms with van der Waals surface area (Å²) in [6.07, 6.45) is 0.972. The first kappa shape index (κ1) is 20.3. The number of amides is 2. The molecule has 0 bridgehead atoms. The second-order valence-corrected chi connectivity index (χ2v) is 4.79. The lowest BCUT2D eigenvalue weighted by molar-refractivity contribution is -0.129. The van der Waals surface area contributed by atoms with Crippen molar-refractivity contribution in [3.8, 4) is 0 Å². The van der Waals surface area contributed by atoms with Crippen molar-refractivity contribution in [1.29, 1.82) is 0 Å². The molecule has 0 radical (unpaired) electrons. The van der Waals surface area contributed by atoms with Crippen LogP contribution in [-0.4, -0.2) is 50.4 Å². The third kappa shape index (κ3) is 7.38. The van der Waals surface area contributed by atoms with E-state index in [2.05, 4.69) is 10.6 Å². The van der Waals surface area contributed by atoms with Crippen molar-refractivity contribution in [3.63, 3.8) is 0 Å². The molecule has 5 nitrogen and oxygen atoms in total. The third-order valence-corrected chi connectivity index (χ3v) is 3.08. The van der Waals surface area contributed by atoms with Gasteiger partial charge in [0.25, 0.3) is 5.91 Å². The highest BCUT2D eigenvalue weighted by Gasteiger charge is 2.08. The smallest absolute Gasteiger partial charge is 0.251 e. The molecule has 1 aromatic carbocycles. The number of carbonyl (C=O) groups is 2. The van der Waals surface area contributed by atoms with Gasteiger partial charge in [0.2, 0.25) is 5.91 Å². The molecule has 124 valence electrons. The Morgan fingerprint density at radius 3 is 2.41 bits per heavy atom. The second kappa shape index (κ2) is 11.0. The number of benzene rings is 1. The van der Waals surface area contributed by atoms with Crippen LogP contribution in [0.5, 0.6) is 0 Å². The lowest BCUT2D eigenvalue weighted by Crippen LogP contribution is -2.33. The van der Waals surface area contributed by atoms with Gasteiger partial charge in [0, 0.05) is 38.7 Å². The number of likely N-dealkylation sites (N-methyl/N-ethyl adjacent to an activating group) is 2. The van der Waals surface area contributed by atoms with E-state index in [1.165, 1.54) is 24.3 Å². The minimum atomic E-state index is -0.373. The number of halogens is 2. The molecule has 0 saturated carbocycles. The van der Waals surface area contributed by atoms with Gasteiger partial charge in [-0.25, -0.2) is 4.39 Å². The van der Waals surface area contributed by atoms with Crippen molar-refractivity contribution in [2.75, 3.05) is 33.7 Å². The van der Waals surface area contributed by atoms with Crippen LogP contribution in [-0.2, 0) is 4.79 Å². The summed E-state index contributed by atoms with van der Waals surface area (Å²) in [5.74, 6) is -0.575. The number of hydrogen-bond acceptors (Lipinski definition) is 3. The fraction of sp³-hybridized carbons (Fsp3) is 0.467. The van der Waals surface area contributed by atoms with Gasteiger partial charge in [-0.3, -0.25) is 9.59 Å². The fourth-order valence-corrected chi connectivity index (χ4v) is 1.74. The average Bonchev–Trinajstić information content (AvgIpc) is 2.49. The van der Waals surface area contributed by atoms with Crippen LogP contribution in [0.1, 0.15) is 23.2 Å². The van der Waals surface area contributed by atoms with Gasteiger partial charge < -0.3 is 15.5 Å². The van der Waals surface area contributed by atoms with E-state index in [1.807, 2.05) is 7.05 Å². The van der Waals surface area contributed by atoms with E-state index in [0.717, 1.165) is 6.54 Å². The maximum Gasteiger partial charge on any atom is 0.251 e. The summed E-state index contributed by atoms with van der Waals surface area (Å²) in [4.78, 5) is 25.1. The Labute approximate surface area is 136 Å². The summed E-state index contributed by atoms with van der Waals surface area (Å²) in [5, 5.41) is 5.69. The van der Waals surface area contributed by atoms with E-state index in [0.29, 0.717) is 31.5 Å². The zero-order valence-electron chi connectivity index (χ0n) is 12.9. The van der Waals surface area contributed by atoms with Crippen LogP contribution in [0.3, 0.4) is 0 Å². The van der Waals surface area contributed by atoms with Crippen LogP contribution in [0.2, 0.25) is 0 Å². The van der Waals surface area contributed by atoms with Gasteiger partial charge in [-0.2, -0.15) is 0 Å². The monoisotopic (exact) mass is 331 g/mol. The average molecular weight is 332 g/mol. The number of hydrogen-bond donors (Lipinski definition) is 2. The van der Waals surface area contributed by atoms with Gasteiger partial charge >= 0.3 is 0 Å². The quantitative estimate of drug-likeness (QED) is 0.709. The van der Waals surface area contributed by atoms with Crippen LogP contribution < -0.4 is 10.6 Å². The summed E-state index contributed by atoms with van der Waals surface area (Å²) < 4.78 is 12.7. The molecule has 0 saturated heterocycles. The molecule has 1 rings (SSSR count). The van der Waals surface area contributed by atoms with Crippen molar-refractivity contribution in [2.24, 2.45) is 0 Å². The Balaban J connectivity index is 0.00000441. The summed E-state index contributed by atoms with van der Waals surface area (Å²) >= 11 is 0. The third-order valence-electron chi connectivity index (χ3n) is 3.08. The lowest BCUT2D eigenvalue weighted by Gasteiger charge is -2.16. The number of carbonyl (C=O) groups excluding carboxylic acids is 2. The van der Waals surface area contributed by atoms with Gasteiger partial charge in [0.05, 0.1) is 0 Å². The molecule has 7 heteroatoms. The molecule has 0 fully saturated rings. The molecule has 2 amide bonds. The number of nitrogens with zero attached hydrogens (tertiary/aromatic N) is 1. The largest absolute Gasteiger partial charge is 0.352 e. The standard InChI is InChI=1S/C15H22FN3O2.ClH/c1-17-10-11-19(2)14(20)4-3-9-18-15(21)12-5-7-13(16)8-6-12;/h5-8,17H,3-4,9-11H2,1-2H3,(H,18,21);1H. The molecule has 0 aliphatic heterocycles. The van der Waals surface area contributed by atoms with Gasteiger partial charge in [-0.15, -0.1) is 12.4 Å². The SMILES string of the molecule is CNCCN(C)C(=O)CCCNC(=O)c1ccc(F)cc1.Cl. The van der Waals surface area contributed by atoms with Crippen LogP contribution in [0, 0.1) is 5.82 Å². The minimum Gasteiger partial charge on any atom is -0.352 e. The van der Waals surface area contributed by atoms with Crippen LogP contribution in [0.25, 0.3) is 0 Å². The molecule has 0 aromatic heterocycles. The first-order valence-electron chi connectivity index (χ1n) is 6.97. The van der Waals surface area contributed by atoms with Gasteiger partial charge in [-0.05, 0) is 37.7 Å². The first-order chi connectivity index (χ1) is 10.0. The second-order valence-electron chi connectivity index (χ2n) is 4.79. The number of nitrogens with one attached hydrogen (secondary N) is 2. The lowest BCUT2D eigenvalue weighted by atomic mass is 10.2. The molecule has 2 N–H and O–H groups in total. The molecule has 1 aromatic rings. The molecule has 0 aliphatic carbocycles. The Hall–Kier alpha value is -1.66. The summed E-state index contributed by atoms with van der Waals surface area (Å²) in [7, 11) is 3.60. The summed E-state index contributed by atoms with van der Waals surface area (Å²) in [6.45, 7) is 1.84. The molecule has 0 aliphatic rings. The normalized spacial score (nSPS) is 9.77. The fourth-order valence-electron chi connectivity index (χ4n) is 1.74. The maximum absolute atomic E-state index is 12.7. The molecular weight excluding hydrogens is 309 g/mol. The predicted octanol–water partition coefficient (Wildman–Crippen LogP) is 1.44. The highest BCUT2D eigenvalue weighted by Crippen LogP contribution is 2.02. The predicted molar refractivity (Wildman–Crippen MR) is 86.8 cm³/mol. The van der Waals surface area contributed by atoms with E-state index < -0.39 is 0 Å². The topological polar surface area (TPSA) is 61.4 Å². The van der Waals surface area contributed by atoms with E-state index in [-0.39, 0.29) is 30.0 Å². The van der Waals surface area contributed by atoms with Crippen molar-refractivity contribution in [1.82, 2.24) is 15.5 Å². The van der Waals surface area contributed by atoms with E-state index in [4.69, 9.17) is 0 Å². The highest BCUT2D eigenvalue weighted by atomic mass is 35.5. The van der Waals surface area contributed by atoms with Crippen LogP contribution >= 0.6 is 12.4 Å². The molecular formula is C15H23ClFN3O2. The van der Waals surface area contributed by atoms with Crippen molar-refractivity contribution in [3.05, 3.63) is 35.6 Å². The first-order valence-corrected chi connectivity index (χ1v) is 6.97. The Bertz CT molecular complexity index is 468. The van der Waals surface area contributed by atoms with Crippen LogP contribution in [0.4, 0.5) is 4.39 Å². The highest BCUT2D eigenvalue weighted by molar-refractivity contribution is 5.94. The van der Waals surface area contributed by atoms with Crippen molar-refractivity contribution < 1.29 is 14.0 Å². The molecule has 0 unspecified atom stereocenters. The molecule has 0 heterocycles. The van der Waals surface area contributed by atoms with E-state index >= 15 is 0 Å². The molecule has 0 atom stereocenters. The molecule has 0 spiro atoms. The Morgan fingerprint density at radius 2 is 1.82 bits per heavy atom. The summed E-state index contributed by atoms with van der Waals surface area (Å²) in [5.41, 5.74) is 0.411. The Kier molecular flexibility index (Phi) is 10.2. The molecule has 22 heavy (non-hydrogen) atoms. The van der Waals surface area contributed by atoms with Crippen molar-refractivity contribution in [2.45, 2.75) is 12.8 Å². The van der Waals surface area contributed by atoms with Crippen molar-refractivity contribution >= 4 is 24.2 Å². The van der Waals surface area contributed by atoms with Gasteiger partial charge in [0.1, 0.15) is 5.82 Å². The van der Waals surface area contributed by atoms with Gasteiger partial charge in [0.15, 0.2) is 0 Å². The zero-order valence-corrected chi connectivity index (χ0v) is 13.7. The van der Waals surface area contributed by atoms with Crippen LogP contribution in [0.15, 0.2) is 24.3 Å². The maximum atomic E-state index is 12.7. The Morgan fingerprint density at radius 1 is 1.18 bits per heavy atom. The van der Waals surface area contributed by atoms with E-state index in [1.54, 1.807) is 11.9 Å².